The summed E-state index contributed by atoms with van der Waals surface area (Å²) >= 11 is 6.92. The highest BCUT2D eigenvalue weighted by Crippen LogP contribution is 2.30. The van der Waals surface area contributed by atoms with E-state index in [9.17, 15) is 0 Å². The van der Waals surface area contributed by atoms with Crippen molar-refractivity contribution in [1.29, 1.82) is 0 Å². The van der Waals surface area contributed by atoms with E-state index >= 15 is 0 Å². The van der Waals surface area contributed by atoms with Gasteiger partial charge in [-0.05, 0) is 49.4 Å². The highest BCUT2D eigenvalue weighted by atomic mass is 79.9. The van der Waals surface area contributed by atoms with Crippen LogP contribution in [0.3, 0.4) is 0 Å². The van der Waals surface area contributed by atoms with E-state index in [1.807, 2.05) is 49.4 Å². The van der Waals surface area contributed by atoms with Crippen LogP contribution in [-0.4, -0.2) is 6.61 Å². The van der Waals surface area contributed by atoms with Crippen LogP contribution in [0.1, 0.15) is 12.5 Å². The SMILES string of the molecule is CCOc1ccc(Oc2ccc(Br)cc2CBr)cc1. The van der Waals surface area contributed by atoms with Crippen molar-refractivity contribution in [2.45, 2.75) is 12.3 Å². The molecule has 0 N–H and O–H groups in total. The lowest BCUT2D eigenvalue weighted by atomic mass is 10.2. The maximum absolute atomic E-state index is 5.88. The molecule has 0 heterocycles. The quantitative estimate of drug-likeness (QED) is 0.629. The first kappa shape index (κ1) is 14.4. The first-order valence-corrected chi connectivity index (χ1v) is 7.89. The minimum atomic E-state index is 0.667. The van der Waals surface area contributed by atoms with Crippen LogP contribution in [0.15, 0.2) is 46.9 Å². The van der Waals surface area contributed by atoms with Crippen LogP contribution >= 0.6 is 31.9 Å². The zero-order valence-corrected chi connectivity index (χ0v) is 13.7. The van der Waals surface area contributed by atoms with Gasteiger partial charge < -0.3 is 9.47 Å². The average molecular weight is 386 g/mol. The number of benzene rings is 2. The third-order valence-electron chi connectivity index (χ3n) is 2.53. The smallest absolute Gasteiger partial charge is 0.131 e. The molecule has 2 aromatic carbocycles. The Morgan fingerprint density at radius 1 is 1.00 bits per heavy atom. The molecule has 100 valence electrons. The van der Waals surface area contributed by atoms with E-state index < -0.39 is 0 Å². The topological polar surface area (TPSA) is 18.5 Å². The van der Waals surface area contributed by atoms with Crippen LogP contribution in [-0.2, 0) is 5.33 Å². The van der Waals surface area contributed by atoms with Gasteiger partial charge in [-0.25, -0.2) is 0 Å². The van der Waals surface area contributed by atoms with Crippen LogP contribution in [0.5, 0.6) is 17.2 Å². The molecule has 0 aliphatic rings. The predicted molar refractivity (Wildman–Crippen MR) is 84.5 cm³/mol. The van der Waals surface area contributed by atoms with Gasteiger partial charge in [-0.15, -0.1) is 0 Å². The Bertz CT molecular complexity index is 538. The molecule has 2 nitrogen and oxygen atoms in total. The maximum Gasteiger partial charge on any atom is 0.131 e. The summed E-state index contributed by atoms with van der Waals surface area (Å²) in [4.78, 5) is 0. The van der Waals surface area contributed by atoms with Gasteiger partial charge in [0.25, 0.3) is 0 Å². The average Bonchev–Trinajstić information content (AvgIpc) is 2.43. The molecule has 0 aliphatic carbocycles. The zero-order chi connectivity index (χ0) is 13.7. The molecule has 0 spiro atoms. The van der Waals surface area contributed by atoms with Crippen molar-refractivity contribution in [3.05, 3.63) is 52.5 Å². The van der Waals surface area contributed by atoms with E-state index in [1.165, 1.54) is 0 Å². The number of rotatable bonds is 5. The van der Waals surface area contributed by atoms with Gasteiger partial charge in [0, 0.05) is 15.4 Å². The molecule has 2 aromatic rings. The molecule has 0 saturated heterocycles. The summed E-state index contributed by atoms with van der Waals surface area (Å²) < 4.78 is 12.3. The molecule has 2 rings (SSSR count). The van der Waals surface area contributed by atoms with Crippen molar-refractivity contribution >= 4 is 31.9 Å². The molecule has 0 fully saturated rings. The second-order valence-corrected chi connectivity index (χ2v) is 5.37. The second-order valence-electron chi connectivity index (χ2n) is 3.89. The fraction of sp³-hybridized carbons (Fsp3) is 0.200. The van der Waals surface area contributed by atoms with E-state index in [0.717, 1.165) is 32.6 Å². The van der Waals surface area contributed by atoms with E-state index in [1.54, 1.807) is 0 Å². The summed E-state index contributed by atoms with van der Waals surface area (Å²) in [6.07, 6.45) is 0. The van der Waals surface area contributed by atoms with Crippen molar-refractivity contribution in [3.63, 3.8) is 0 Å². The van der Waals surface area contributed by atoms with Crippen molar-refractivity contribution in [2.75, 3.05) is 6.61 Å². The molecule has 0 aromatic heterocycles. The fourth-order valence-corrected chi connectivity index (χ4v) is 2.50. The summed E-state index contributed by atoms with van der Waals surface area (Å²) in [5.74, 6) is 2.50. The van der Waals surface area contributed by atoms with Crippen LogP contribution < -0.4 is 9.47 Å². The minimum absolute atomic E-state index is 0.667. The lowest BCUT2D eigenvalue weighted by Gasteiger charge is -2.10. The van der Waals surface area contributed by atoms with E-state index in [4.69, 9.17) is 9.47 Å². The van der Waals surface area contributed by atoms with Gasteiger partial charge in [0.1, 0.15) is 17.2 Å². The van der Waals surface area contributed by atoms with Gasteiger partial charge in [0.05, 0.1) is 6.61 Å². The lowest BCUT2D eigenvalue weighted by Crippen LogP contribution is -1.92. The van der Waals surface area contributed by atoms with Gasteiger partial charge in [-0.3, -0.25) is 0 Å². The van der Waals surface area contributed by atoms with Crippen LogP contribution in [0.2, 0.25) is 0 Å². The Hall–Kier alpha value is -1.000. The molecular weight excluding hydrogens is 372 g/mol. The highest BCUT2D eigenvalue weighted by molar-refractivity contribution is 9.10. The van der Waals surface area contributed by atoms with Crippen molar-refractivity contribution in [2.24, 2.45) is 0 Å². The Kier molecular flexibility index (Phi) is 5.28. The number of hydrogen-bond acceptors (Lipinski definition) is 2. The summed E-state index contributed by atoms with van der Waals surface area (Å²) in [5.41, 5.74) is 1.10. The largest absolute Gasteiger partial charge is 0.494 e. The predicted octanol–water partition coefficient (Wildman–Crippen LogP) is 5.54. The van der Waals surface area contributed by atoms with Crippen LogP contribution in [0.4, 0.5) is 0 Å². The van der Waals surface area contributed by atoms with Gasteiger partial charge in [-0.1, -0.05) is 31.9 Å². The minimum Gasteiger partial charge on any atom is -0.494 e. The highest BCUT2D eigenvalue weighted by Gasteiger charge is 2.05. The van der Waals surface area contributed by atoms with Crippen molar-refractivity contribution < 1.29 is 9.47 Å². The molecule has 0 bridgehead atoms. The number of halogens is 2. The number of hydrogen-bond donors (Lipinski definition) is 0. The van der Waals surface area contributed by atoms with E-state index in [-0.39, 0.29) is 0 Å². The molecule has 0 radical (unpaired) electrons. The van der Waals surface area contributed by atoms with Gasteiger partial charge in [0.15, 0.2) is 0 Å². The Morgan fingerprint density at radius 2 is 1.68 bits per heavy atom. The number of alkyl halides is 1. The third-order valence-corrected chi connectivity index (χ3v) is 3.63. The summed E-state index contributed by atoms with van der Waals surface area (Å²) in [6.45, 7) is 2.63. The van der Waals surface area contributed by atoms with Crippen LogP contribution in [0, 0.1) is 0 Å². The molecular formula is C15H14Br2O2. The first-order chi connectivity index (χ1) is 9.22. The third kappa shape index (κ3) is 3.98. The molecule has 0 saturated carbocycles. The summed E-state index contributed by atoms with van der Waals surface area (Å²) in [7, 11) is 0. The van der Waals surface area contributed by atoms with Crippen molar-refractivity contribution in [3.8, 4) is 17.2 Å². The molecule has 19 heavy (non-hydrogen) atoms. The zero-order valence-electron chi connectivity index (χ0n) is 10.5. The molecule has 0 unspecified atom stereocenters. The molecule has 0 aliphatic heterocycles. The summed E-state index contributed by atoms with van der Waals surface area (Å²) in [5, 5.41) is 0.749. The molecule has 0 atom stereocenters. The standard InChI is InChI=1S/C15H14Br2O2/c1-2-18-13-4-6-14(7-5-13)19-15-8-3-12(17)9-11(15)10-16/h3-9H,2,10H2,1H3. The first-order valence-electron chi connectivity index (χ1n) is 5.98. The fourth-order valence-electron chi connectivity index (χ4n) is 1.65. The van der Waals surface area contributed by atoms with Crippen molar-refractivity contribution in [1.82, 2.24) is 0 Å². The van der Waals surface area contributed by atoms with E-state index in [0.29, 0.717) is 6.61 Å². The molecule has 0 amide bonds. The van der Waals surface area contributed by atoms with Crippen LogP contribution in [0.25, 0.3) is 0 Å². The Balaban J connectivity index is 2.16. The van der Waals surface area contributed by atoms with Gasteiger partial charge in [-0.2, -0.15) is 0 Å². The second kappa shape index (κ2) is 6.96. The lowest BCUT2D eigenvalue weighted by molar-refractivity contribution is 0.339. The monoisotopic (exact) mass is 384 g/mol. The van der Waals surface area contributed by atoms with Gasteiger partial charge in [0.2, 0.25) is 0 Å². The Labute approximate surface area is 130 Å². The van der Waals surface area contributed by atoms with E-state index in [2.05, 4.69) is 31.9 Å². The maximum atomic E-state index is 5.88. The number of ether oxygens (including phenoxy) is 2. The van der Waals surface area contributed by atoms with Gasteiger partial charge >= 0.3 is 0 Å². The Morgan fingerprint density at radius 3 is 2.32 bits per heavy atom. The normalized spacial score (nSPS) is 10.3. The molecule has 4 heteroatoms. The summed E-state index contributed by atoms with van der Waals surface area (Å²) in [6, 6.07) is 13.6.